The predicted octanol–water partition coefficient (Wildman–Crippen LogP) is 2.23. The maximum Gasteiger partial charge on any atom is 0.160 e. The molecule has 0 amide bonds. The molecule has 4 rings (SSSR count). The molecule has 96 valence electrons. The van der Waals surface area contributed by atoms with Gasteiger partial charge in [-0.25, -0.2) is 0 Å². The highest BCUT2D eigenvalue weighted by Crippen LogP contribution is 2.26. The number of rotatable bonds is 0. The Labute approximate surface area is 115 Å². The molecular formula is C18H12O2. The summed E-state index contributed by atoms with van der Waals surface area (Å²) in [5.41, 5.74) is 0. The zero-order chi connectivity index (χ0) is 13.7. The van der Waals surface area contributed by atoms with Crippen LogP contribution in [-0.2, 0) is 4.79 Å². The summed E-state index contributed by atoms with van der Waals surface area (Å²) in [6.45, 7) is 0. The molecule has 2 heteroatoms. The van der Waals surface area contributed by atoms with Gasteiger partial charge in [-0.15, -0.1) is 0 Å². The lowest BCUT2D eigenvalue weighted by atomic mass is 9.98. The predicted molar refractivity (Wildman–Crippen MR) is 80.9 cm³/mol. The molecular weight excluding hydrogens is 248 g/mol. The fraction of sp³-hybridized carbons (Fsp3) is 0.0556. The number of fused-ring (bicyclic) bond motifs is 4. The van der Waals surface area contributed by atoms with Crippen molar-refractivity contribution in [3.05, 3.63) is 52.9 Å². The molecule has 0 saturated carbocycles. The van der Waals surface area contributed by atoms with Crippen LogP contribution in [-0.4, -0.2) is 10.9 Å². The van der Waals surface area contributed by atoms with Crippen LogP contribution in [0.15, 0.2) is 42.5 Å². The van der Waals surface area contributed by atoms with Crippen molar-refractivity contribution >= 4 is 39.5 Å². The molecule has 0 aliphatic heterocycles. The molecule has 0 spiro atoms. The largest absolute Gasteiger partial charge is 0.508 e. The van der Waals surface area contributed by atoms with Crippen molar-refractivity contribution in [2.45, 2.75) is 6.42 Å². The van der Waals surface area contributed by atoms with Gasteiger partial charge in [-0.1, -0.05) is 24.3 Å². The summed E-state index contributed by atoms with van der Waals surface area (Å²) in [6, 6.07) is 13.7. The Bertz CT molecular complexity index is 997. The molecule has 0 unspecified atom stereocenters. The average Bonchev–Trinajstić information content (AvgIpc) is 2.45. The van der Waals surface area contributed by atoms with E-state index >= 15 is 0 Å². The van der Waals surface area contributed by atoms with E-state index in [9.17, 15) is 9.90 Å². The highest BCUT2D eigenvalue weighted by atomic mass is 16.3. The van der Waals surface area contributed by atoms with Crippen LogP contribution in [0.3, 0.4) is 0 Å². The second kappa shape index (κ2) is 3.94. The third kappa shape index (κ3) is 1.62. The van der Waals surface area contributed by atoms with Crippen molar-refractivity contribution in [2.75, 3.05) is 0 Å². The molecule has 3 aromatic rings. The molecule has 3 aromatic carbocycles. The smallest absolute Gasteiger partial charge is 0.160 e. The van der Waals surface area contributed by atoms with Gasteiger partial charge >= 0.3 is 0 Å². The normalized spacial score (nSPS) is 13.9. The first-order valence-electron chi connectivity index (χ1n) is 6.61. The molecule has 0 bridgehead atoms. The number of carbonyl (C=O) groups excluding carboxylic acids is 1. The van der Waals surface area contributed by atoms with Gasteiger partial charge in [-0.2, -0.15) is 0 Å². The number of Topliss-reactive ketones (excluding diaryl/α,β-unsaturated/α-hetero) is 1. The summed E-state index contributed by atoms with van der Waals surface area (Å²) in [6.07, 6.45) is 4.15. The first-order chi connectivity index (χ1) is 9.70. The fourth-order valence-corrected chi connectivity index (χ4v) is 2.87. The number of ketones is 1. The Morgan fingerprint density at radius 3 is 2.50 bits per heavy atom. The zero-order valence-electron chi connectivity index (χ0n) is 10.8. The summed E-state index contributed by atoms with van der Waals surface area (Å²) in [5.74, 6) is 0.420. The van der Waals surface area contributed by atoms with E-state index in [0.717, 1.165) is 32.0 Å². The van der Waals surface area contributed by atoms with Crippen LogP contribution in [0.1, 0.15) is 6.42 Å². The fourth-order valence-electron chi connectivity index (χ4n) is 2.87. The van der Waals surface area contributed by atoms with Crippen LogP contribution in [0.25, 0.3) is 33.7 Å². The number of carbonyl (C=O) groups is 1. The van der Waals surface area contributed by atoms with E-state index in [2.05, 4.69) is 12.1 Å². The van der Waals surface area contributed by atoms with Gasteiger partial charge in [0.15, 0.2) is 5.78 Å². The summed E-state index contributed by atoms with van der Waals surface area (Å²) in [4.78, 5) is 11.5. The van der Waals surface area contributed by atoms with Crippen LogP contribution >= 0.6 is 0 Å². The molecule has 0 radical (unpaired) electrons. The Balaban J connectivity index is 2.22. The molecule has 0 fully saturated rings. The number of phenolic OH excluding ortho intramolecular Hbond substituents is 1. The van der Waals surface area contributed by atoms with Gasteiger partial charge in [0, 0.05) is 6.42 Å². The molecule has 1 N–H and O–H groups in total. The van der Waals surface area contributed by atoms with Gasteiger partial charge in [0.05, 0.1) is 0 Å². The van der Waals surface area contributed by atoms with Gasteiger partial charge in [-0.05, 0) is 62.3 Å². The molecule has 0 aromatic heterocycles. The Morgan fingerprint density at radius 2 is 1.60 bits per heavy atom. The van der Waals surface area contributed by atoms with Gasteiger partial charge in [0.2, 0.25) is 0 Å². The number of aromatic hydroxyl groups is 1. The molecule has 2 nitrogen and oxygen atoms in total. The van der Waals surface area contributed by atoms with Crippen LogP contribution in [0.2, 0.25) is 0 Å². The van der Waals surface area contributed by atoms with E-state index in [1.165, 1.54) is 0 Å². The van der Waals surface area contributed by atoms with Crippen molar-refractivity contribution in [2.24, 2.45) is 0 Å². The minimum absolute atomic E-state index is 0.148. The van der Waals surface area contributed by atoms with E-state index in [-0.39, 0.29) is 11.5 Å². The van der Waals surface area contributed by atoms with E-state index in [1.54, 1.807) is 18.2 Å². The molecule has 0 atom stereocenters. The van der Waals surface area contributed by atoms with Gasteiger partial charge in [-0.3, -0.25) is 4.79 Å². The number of hydrogen-bond acceptors (Lipinski definition) is 2. The first kappa shape index (κ1) is 11.2. The minimum Gasteiger partial charge on any atom is -0.508 e. The number of hydrogen-bond donors (Lipinski definition) is 1. The van der Waals surface area contributed by atoms with Crippen LogP contribution in [0.4, 0.5) is 0 Å². The summed E-state index contributed by atoms with van der Waals surface area (Å²) < 4.78 is 0. The Kier molecular flexibility index (Phi) is 2.21. The quantitative estimate of drug-likeness (QED) is 0.629. The second-order valence-corrected chi connectivity index (χ2v) is 5.19. The number of phenols is 1. The molecule has 0 heterocycles. The summed E-state index contributed by atoms with van der Waals surface area (Å²) >= 11 is 0. The van der Waals surface area contributed by atoms with Crippen molar-refractivity contribution in [3.63, 3.8) is 0 Å². The van der Waals surface area contributed by atoms with E-state index < -0.39 is 0 Å². The van der Waals surface area contributed by atoms with Crippen LogP contribution < -0.4 is 10.4 Å². The monoisotopic (exact) mass is 260 g/mol. The standard InChI is InChI=1S/C18H12O2/c19-15-6-4-12-9-17-13(7-14(12)8-15)2-1-11-3-5-16(20)10-18(11)17/h1-5,7-10,20H,6H2. The first-order valence-corrected chi connectivity index (χ1v) is 6.61. The van der Waals surface area contributed by atoms with Gasteiger partial charge in [0.1, 0.15) is 5.75 Å². The maximum absolute atomic E-state index is 11.5. The van der Waals surface area contributed by atoms with Crippen LogP contribution in [0, 0.1) is 0 Å². The second-order valence-electron chi connectivity index (χ2n) is 5.19. The van der Waals surface area contributed by atoms with E-state index in [4.69, 9.17) is 0 Å². The highest BCUT2D eigenvalue weighted by Gasteiger charge is 2.06. The lowest BCUT2D eigenvalue weighted by molar-refractivity contribution is -0.112. The lowest BCUT2D eigenvalue weighted by Gasteiger charge is -2.07. The Hall–Kier alpha value is -2.61. The van der Waals surface area contributed by atoms with Gasteiger partial charge in [0.25, 0.3) is 0 Å². The van der Waals surface area contributed by atoms with E-state index in [1.807, 2.05) is 24.3 Å². The zero-order valence-corrected chi connectivity index (χ0v) is 10.8. The third-order valence-corrected chi connectivity index (χ3v) is 3.86. The van der Waals surface area contributed by atoms with Crippen molar-refractivity contribution in [1.29, 1.82) is 0 Å². The lowest BCUT2D eigenvalue weighted by Crippen LogP contribution is -2.28. The number of benzene rings is 3. The molecule has 1 aliphatic carbocycles. The van der Waals surface area contributed by atoms with E-state index in [0.29, 0.717) is 6.42 Å². The minimum atomic E-state index is 0.148. The van der Waals surface area contributed by atoms with Crippen molar-refractivity contribution in [3.8, 4) is 5.75 Å². The average molecular weight is 260 g/mol. The summed E-state index contributed by atoms with van der Waals surface area (Å²) in [5, 5.41) is 16.1. The third-order valence-electron chi connectivity index (χ3n) is 3.86. The molecule has 1 aliphatic rings. The summed E-state index contributed by atoms with van der Waals surface area (Å²) in [7, 11) is 0. The topological polar surface area (TPSA) is 37.3 Å². The van der Waals surface area contributed by atoms with Crippen molar-refractivity contribution in [1.82, 2.24) is 0 Å². The molecule has 0 saturated heterocycles. The van der Waals surface area contributed by atoms with Crippen molar-refractivity contribution < 1.29 is 9.90 Å². The molecule has 20 heavy (non-hydrogen) atoms. The van der Waals surface area contributed by atoms with Gasteiger partial charge < -0.3 is 5.11 Å². The Morgan fingerprint density at radius 1 is 0.850 bits per heavy atom. The SMILES string of the molecule is O=C1C=c2cc3ccc4ccc(O)cc4c3cc2=CC1. The highest BCUT2D eigenvalue weighted by molar-refractivity contribution is 6.11. The van der Waals surface area contributed by atoms with Crippen LogP contribution in [0.5, 0.6) is 5.75 Å². The maximum atomic E-state index is 11.5.